The van der Waals surface area contributed by atoms with Gasteiger partial charge in [0.15, 0.2) is 11.6 Å². The van der Waals surface area contributed by atoms with Gasteiger partial charge in [0.25, 0.3) is 0 Å². The van der Waals surface area contributed by atoms with Crippen LogP contribution >= 0.6 is 0 Å². The van der Waals surface area contributed by atoms with Gasteiger partial charge in [-0.3, -0.25) is 28.8 Å². The minimum Gasteiger partial charge on any atom is -0.373 e. The van der Waals surface area contributed by atoms with Crippen molar-refractivity contribution >= 4 is 34.7 Å². The molecular weight excluding hydrogens is 448 g/mol. The van der Waals surface area contributed by atoms with Crippen LogP contribution in [-0.2, 0) is 28.8 Å². The molecule has 0 saturated carbocycles. The first-order chi connectivity index (χ1) is 16.1. The number of carbonyl (C=O) groups excluding carboxylic acids is 6. The van der Waals surface area contributed by atoms with Crippen LogP contribution in [0.2, 0.25) is 0 Å². The maximum Gasteiger partial charge on any atom is 0.157 e. The highest BCUT2D eigenvalue weighted by Crippen LogP contribution is 2.39. The van der Waals surface area contributed by atoms with Gasteiger partial charge in [-0.25, -0.2) is 0 Å². The Balaban J connectivity index is 2.34. The lowest BCUT2D eigenvalue weighted by Crippen LogP contribution is -2.52. The van der Waals surface area contributed by atoms with Gasteiger partial charge < -0.3 is 9.80 Å². The van der Waals surface area contributed by atoms with E-state index in [1.807, 2.05) is 23.6 Å². The minimum absolute atomic E-state index is 0.116. The molecule has 35 heavy (non-hydrogen) atoms. The number of ketones is 6. The number of hydrogen-bond acceptors (Lipinski definition) is 8. The number of hydrogen-bond donors (Lipinski definition) is 0. The molecule has 0 spiro atoms. The number of rotatable bonds is 10. The third-order valence-corrected chi connectivity index (χ3v) is 8.10. The summed E-state index contributed by atoms with van der Waals surface area (Å²) in [5, 5.41) is 0. The topological polar surface area (TPSA) is 109 Å². The molecule has 2 aliphatic heterocycles. The Bertz CT molecular complexity index is 938. The van der Waals surface area contributed by atoms with Crippen molar-refractivity contribution in [2.75, 3.05) is 26.2 Å². The Morgan fingerprint density at radius 2 is 0.886 bits per heavy atom. The summed E-state index contributed by atoms with van der Waals surface area (Å²) in [6.07, 6.45) is 0.804. The van der Waals surface area contributed by atoms with E-state index in [4.69, 9.17) is 0 Å². The zero-order valence-corrected chi connectivity index (χ0v) is 22.3. The highest BCUT2D eigenvalue weighted by molar-refractivity contribution is 6.08. The van der Waals surface area contributed by atoms with Crippen molar-refractivity contribution in [3.63, 3.8) is 0 Å². The molecule has 8 nitrogen and oxygen atoms in total. The van der Waals surface area contributed by atoms with E-state index < -0.39 is 10.8 Å². The molecule has 0 N–H and O–H groups in total. The summed E-state index contributed by atoms with van der Waals surface area (Å²) in [6, 6.07) is 0. The molecule has 2 heterocycles. The van der Waals surface area contributed by atoms with Crippen LogP contribution in [0.3, 0.4) is 0 Å². The smallest absolute Gasteiger partial charge is 0.157 e. The zero-order chi connectivity index (χ0) is 26.9. The normalized spacial score (nSPS) is 19.5. The van der Waals surface area contributed by atoms with Crippen molar-refractivity contribution in [2.45, 2.75) is 74.7 Å². The maximum absolute atomic E-state index is 12.6. The molecule has 0 atom stereocenters. The van der Waals surface area contributed by atoms with E-state index in [1.54, 1.807) is 0 Å². The Kier molecular flexibility index (Phi) is 8.40. The molecule has 0 saturated heterocycles. The molecule has 0 amide bonds. The van der Waals surface area contributed by atoms with Crippen molar-refractivity contribution in [1.29, 1.82) is 0 Å². The molecule has 0 bridgehead atoms. The molecule has 192 valence electrons. The van der Waals surface area contributed by atoms with E-state index in [1.165, 1.54) is 41.5 Å². The predicted molar refractivity (Wildman–Crippen MR) is 131 cm³/mol. The van der Waals surface area contributed by atoms with E-state index >= 15 is 0 Å². The summed E-state index contributed by atoms with van der Waals surface area (Å²) in [5.41, 5.74) is -0.00684. The lowest BCUT2D eigenvalue weighted by molar-refractivity contribution is -0.141. The van der Waals surface area contributed by atoms with Crippen LogP contribution in [0.15, 0.2) is 22.5 Å². The summed E-state index contributed by atoms with van der Waals surface area (Å²) >= 11 is 0. The summed E-state index contributed by atoms with van der Waals surface area (Å²) in [5.74, 6) is -1.34. The van der Waals surface area contributed by atoms with Crippen molar-refractivity contribution in [2.24, 2.45) is 10.8 Å². The molecule has 2 aliphatic rings. The van der Waals surface area contributed by atoms with Gasteiger partial charge in [0, 0.05) is 48.7 Å². The quantitative estimate of drug-likeness (QED) is 0.434. The first-order valence-corrected chi connectivity index (χ1v) is 12.1. The van der Waals surface area contributed by atoms with Crippen molar-refractivity contribution in [3.05, 3.63) is 22.5 Å². The van der Waals surface area contributed by atoms with Crippen molar-refractivity contribution in [3.8, 4) is 0 Å². The monoisotopic (exact) mass is 486 g/mol. The second-order valence-electron chi connectivity index (χ2n) is 10.2. The summed E-state index contributed by atoms with van der Waals surface area (Å²) in [7, 11) is 0. The van der Waals surface area contributed by atoms with Crippen LogP contribution in [0.5, 0.6) is 0 Å². The van der Waals surface area contributed by atoms with E-state index in [-0.39, 0.29) is 60.6 Å². The lowest BCUT2D eigenvalue weighted by atomic mass is 9.71. The van der Waals surface area contributed by atoms with E-state index in [9.17, 15) is 28.8 Å². The Morgan fingerprint density at radius 3 is 1.11 bits per heavy atom. The van der Waals surface area contributed by atoms with Crippen LogP contribution in [0.4, 0.5) is 0 Å². The third-order valence-electron chi connectivity index (χ3n) is 8.10. The van der Waals surface area contributed by atoms with Gasteiger partial charge in [-0.05, 0) is 74.7 Å². The molecular formula is C27H38N2O6. The fraction of sp³-hybridized carbons (Fsp3) is 0.630. The first kappa shape index (κ1) is 28.3. The van der Waals surface area contributed by atoms with Crippen LogP contribution < -0.4 is 0 Å². The Hall–Kier alpha value is -2.90. The molecule has 0 radical (unpaired) electrons. The van der Waals surface area contributed by atoms with Gasteiger partial charge in [0.2, 0.25) is 0 Å². The van der Waals surface area contributed by atoms with E-state index in [0.29, 0.717) is 30.7 Å². The fourth-order valence-corrected chi connectivity index (χ4v) is 5.39. The van der Waals surface area contributed by atoms with Crippen molar-refractivity contribution in [1.82, 2.24) is 9.80 Å². The lowest BCUT2D eigenvalue weighted by Gasteiger charge is -2.44. The van der Waals surface area contributed by atoms with Crippen molar-refractivity contribution < 1.29 is 28.8 Å². The highest BCUT2D eigenvalue weighted by Gasteiger charge is 2.48. The van der Waals surface area contributed by atoms with Crippen LogP contribution in [0, 0.1) is 10.8 Å². The highest BCUT2D eigenvalue weighted by atomic mass is 16.2. The Labute approximate surface area is 207 Å². The third kappa shape index (κ3) is 5.21. The molecule has 0 unspecified atom stereocenters. The summed E-state index contributed by atoms with van der Waals surface area (Å²) in [6.45, 7) is 13.5. The fourth-order valence-electron chi connectivity index (χ4n) is 5.39. The van der Waals surface area contributed by atoms with Gasteiger partial charge in [-0.15, -0.1) is 0 Å². The van der Waals surface area contributed by atoms with E-state index in [0.717, 1.165) is 11.4 Å². The molecule has 0 fully saturated rings. The summed E-state index contributed by atoms with van der Waals surface area (Å²) in [4.78, 5) is 78.7. The largest absolute Gasteiger partial charge is 0.373 e. The first-order valence-electron chi connectivity index (χ1n) is 12.1. The minimum atomic E-state index is -1.25. The molecule has 0 aromatic rings. The predicted octanol–water partition coefficient (Wildman–Crippen LogP) is 2.84. The molecule has 8 heteroatoms. The zero-order valence-electron chi connectivity index (χ0n) is 22.3. The second-order valence-corrected chi connectivity index (χ2v) is 10.2. The SMILES string of the molecule is CC(=O)C1=C(C)N(CCCN2CC(C(C)=O)(C(C)=O)CC(C(C)=O)=C2C)CC(C(C)=O)(C(C)=O)C1. The van der Waals surface area contributed by atoms with Gasteiger partial charge in [-0.2, -0.15) is 0 Å². The van der Waals surface area contributed by atoms with Gasteiger partial charge in [-0.1, -0.05) is 0 Å². The number of Topliss-reactive ketones (excluding diaryl/α,β-unsaturated/α-hetero) is 6. The molecule has 0 aromatic heterocycles. The van der Waals surface area contributed by atoms with E-state index in [2.05, 4.69) is 0 Å². The standard InChI is InChI=1S/C27H38N2O6/c1-16-24(18(3)30)12-26(20(5)32,21(6)33)14-28(16)10-9-11-29-15-27(22(7)34,23(8)35)13-25(17(29)2)19(4)31/h9-15H2,1-8H3. The van der Waals surface area contributed by atoms with Crippen LogP contribution in [0.25, 0.3) is 0 Å². The van der Waals surface area contributed by atoms with Gasteiger partial charge in [0.05, 0.1) is 0 Å². The van der Waals surface area contributed by atoms with Crippen LogP contribution in [-0.4, -0.2) is 70.7 Å². The molecule has 2 rings (SSSR count). The van der Waals surface area contributed by atoms with Gasteiger partial charge >= 0.3 is 0 Å². The molecule has 0 aliphatic carbocycles. The average Bonchev–Trinajstić information content (AvgIpc) is 2.74. The molecule has 0 aromatic carbocycles. The summed E-state index contributed by atoms with van der Waals surface area (Å²) < 4.78 is 0. The number of nitrogens with zero attached hydrogens (tertiary/aromatic N) is 2. The van der Waals surface area contributed by atoms with Gasteiger partial charge in [0.1, 0.15) is 34.0 Å². The number of allylic oxidation sites excluding steroid dienone is 4. The Morgan fingerprint density at radius 1 is 0.600 bits per heavy atom. The maximum atomic E-state index is 12.6. The number of carbonyl (C=O) groups is 6. The van der Waals surface area contributed by atoms with Crippen LogP contribution in [0.1, 0.15) is 74.7 Å². The average molecular weight is 487 g/mol. The second kappa shape index (κ2) is 10.4.